The van der Waals surface area contributed by atoms with Gasteiger partial charge in [-0.25, -0.2) is 0 Å². The molecule has 1 atom stereocenters. The average molecular weight is 196 g/mol. The number of nitrogens with two attached hydrogens (primary N) is 1. The van der Waals surface area contributed by atoms with Crippen LogP contribution in [0.3, 0.4) is 0 Å². The monoisotopic (exact) mass is 195 g/mol. The standard InChI is InChI=1S/C8H17NO2.ClH/c1-3-11-8(10)5-4-7(2)6-9;/h7H,3-6,9H2,1-2H3;1H. The summed E-state index contributed by atoms with van der Waals surface area (Å²) in [6.45, 7) is 4.94. The molecule has 0 aliphatic rings. The van der Waals surface area contributed by atoms with E-state index in [1.54, 1.807) is 0 Å². The SMILES string of the molecule is CCOC(=O)CCC(C)CN.Cl. The van der Waals surface area contributed by atoms with Gasteiger partial charge in [-0.2, -0.15) is 0 Å². The van der Waals surface area contributed by atoms with Crippen LogP contribution < -0.4 is 5.73 Å². The molecule has 0 amide bonds. The second-order valence-electron chi connectivity index (χ2n) is 2.68. The van der Waals surface area contributed by atoms with Gasteiger partial charge in [-0.1, -0.05) is 6.92 Å². The Bertz CT molecular complexity index is 120. The molecule has 74 valence electrons. The smallest absolute Gasteiger partial charge is 0.305 e. The van der Waals surface area contributed by atoms with Gasteiger partial charge in [0.05, 0.1) is 6.61 Å². The zero-order chi connectivity index (χ0) is 8.69. The van der Waals surface area contributed by atoms with Gasteiger partial charge in [-0.3, -0.25) is 4.79 Å². The molecule has 0 saturated heterocycles. The van der Waals surface area contributed by atoms with Gasteiger partial charge in [0.2, 0.25) is 0 Å². The largest absolute Gasteiger partial charge is 0.466 e. The molecular formula is C8H18ClNO2. The Hall–Kier alpha value is -0.280. The predicted octanol–water partition coefficient (Wildman–Crippen LogP) is 1.35. The van der Waals surface area contributed by atoms with Gasteiger partial charge in [0.1, 0.15) is 0 Å². The average Bonchev–Trinajstić information content (AvgIpc) is 2.01. The van der Waals surface area contributed by atoms with Gasteiger partial charge >= 0.3 is 5.97 Å². The molecule has 0 rings (SSSR count). The Labute approximate surface area is 80.1 Å². The fourth-order valence-corrected chi connectivity index (χ4v) is 0.715. The lowest BCUT2D eigenvalue weighted by Crippen LogP contribution is -2.13. The van der Waals surface area contributed by atoms with Gasteiger partial charge in [-0.15, -0.1) is 12.4 Å². The van der Waals surface area contributed by atoms with Gasteiger partial charge in [-0.05, 0) is 25.8 Å². The first-order valence-electron chi connectivity index (χ1n) is 4.06. The summed E-state index contributed by atoms with van der Waals surface area (Å²) in [4.78, 5) is 10.8. The Morgan fingerprint density at radius 1 is 1.58 bits per heavy atom. The minimum atomic E-state index is -0.118. The maximum absolute atomic E-state index is 10.8. The zero-order valence-corrected chi connectivity index (χ0v) is 8.52. The van der Waals surface area contributed by atoms with E-state index in [1.807, 2.05) is 13.8 Å². The molecule has 2 N–H and O–H groups in total. The van der Waals surface area contributed by atoms with E-state index in [0.29, 0.717) is 25.5 Å². The van der Waals surface area contributed by atoms with E-state index in [1.165, 1.54) is 0 Å². The molecule has 1 unspecified atom stereocenters. The number of halogens is 1. The van der Waals surface area contributed by atoms with Crippen LogP contribution in [-0.2, 0) is 9.53 Å². The van der Waals surface area contributed by atoms with E-state index in [2.05, 4.69) is 0 Å². The molecule has 0 aromatic carbocycles. The van der Waals surface area contributed by atoms with Crippen molar-refractivity contribution in [3.63, 3.8) is 0 Å². The van der Waals surface area contributed by atoms with E-state index in [-0.39, 0.29) is 18.4 Å². The van der Waals surface area contributed by atoms with Crippen molar-refractivity contribution in [2.24, 2.45) is 11.7 Å². The molecule has 12 heavy (non-hydrogen) atoms. The highest BCUT2D eigenvalue weighted by Crippen LogP contribution is 2.03. The number of carbonyl (C=O) groups is 1. The summed E-state index contributed by atoms with van der Waals surface area (Å²) >= 11 is 0. The summed E-state index contributed by atoms with van der Waals surface area (Å²) < 4.78 is 4.76. The molecule has 0 aromatic heterocycles. The van der Waals surface area contributed by atoms with E-state index in [0.717, 1.165) is 6.42 Å². The molecule has 0 aromatic rings. The first kappa shape index (κ1) is 14.3. The first-order chi connectivity index (χ1) is 5.20. The molecule has 3 nitrogen and oxygen atoms in total. The Kier molecular flexibility index (Phi) is 10.5. The van der Waals surface area contributed by atoms with Crippen LogP contribution in [0.5, 0.6) is 0 Å². The van der Waals surface area contributed by atoms with Crippen molar-refractivity contribution < 1.29 is 9.53 Å². The lowest BCUT2D eigenvalue weighted by Gasteiger charge is -2.06. The lowest BCUT2D eigenvalue weighted by molar-refractivity contribution is -0.143. The van der Waals surface area contributed by atoms with Crippen molar-refractivity contribution in [2.75, 3.05) is 13.2 Å². The second kappa shape index (κ2) is 8.81. The highest BCUT2D eigenvalue weighted by molar-refractivity contribution is 5.85. The quantitative estimate of drug-likeness (QED) is 0.674. The zero-order valence-electron chi connectivity index (χ0n) is 7.71. The Morgan fingerprint density at radius 2 is 2.17 bits per heavy atom. The molecule has 4 heteroatoms. The van der Waals surface area contributed by atoms with Gasteiger partial charge in [0, 0.05) is 6.42 Å². The molecular weight excluding hydrogens is 178 g/mol. The van der Waals surface area contributed by atoms with Gasteiger partial charge < -0.3 is 10.5 Å². The van der Waals surface area contributed by atoms with Crippen molar-refractivity contribution in [1.82, 2.24) is 0 Å². The molecule has 0 fully saturated rings. The van der Waals surface area contributed by atoms with Crippen LogP contribution in [0.2, 0.25) is 0 Å². The third-order valence-corrected chi connectivity index (χ3v) is 1.55. The first-order valence-corrected chi connectivity index (χ1v) is 4.06. The number of ether oxygens (including phenoxy) is 1. The summed E-state index contributed by atoms with van der Waals surface area (Å²) in [7, 11) is 0. The maximum atomic E-state index is 10.8. The molecule has 0 aliphatic heterocycles. The van der Waals surface area contributed by atoms with Crippen LogP contribution >= 0.6 is 12.4 Å². The Balaban J connectivity index is 0. The summed E-state index contributed by atoms with van der Waals surface area (Å²) in [6, 6.07) is 0. The van der Waals surface area contributed by atoms with Crippen molar-refractivity contribution in [2.45, 2.75) is 26.7 Å². The topological polar surface area (TPSA) is 52.3 Å². The van der Waals surface area contributed by atoms with Crippen LogP contribution in [-0.4, -0.2) is 19.1 Å². The molecule has 0 heterocycles. The van der Waals surface area contributed by atoms with Gasteiger partial charge in [0.15, 0.2) is 0 Å². The molecule has 0 bridgehead atoms. The summed E-state index contributed by atoms with van der Waals surface area (Å²) in [5.74, 6) is 0.298. The highest BCUT2D eigenvalue weighted by Gasteiger charge is 2.04. The number of esters is 1. The normalized spacial score (nSPS) is 11.6. The van der Waals surface area contributed by atoms with E-state index >= 15 is 0 Å². The third-order valence-electron chi connectivity index (χ3n) is 1.55. The van der Waals surface area contributed by atoms with E-state index in [9.17, 15) is 4.79 Å². The van der Waals surface area contributed by atoms with Crippen molar-refractivity contribution >= 4 is 18.4 Å². The van der Waals surface area contributed by atoms with Crippen LogP contribution in [0.1, 0.15) is 26.7 Å². The lowest BCUT2D eigenvalue weighted by atomic mass is 10.1. The maximum Gasteiger partial charge on any atom is 0.305 e. The van der Waals surface area contributed by atoms with Crippen molar-refractivity contribution in [1.29, 1.82) is 0 Å². The highest BCUT2D eigenvalue weighted by atomic mass is 35.5. The van der Waals surface area contributed by atoms with Gasteiger partial charge in [0.25, 0.3) is 0 Å². The minimum Gasteiger partial charge on any atom is -0.466 e. The van der Waals surface area contributed by atoms with Crippen LogP contribution in [0.15, 0.2) is 0 Å². The number of hydrogen-bond donors (Lipinski definition) is 1. The van der Waals surface area contributed by atoms with Crippen molar-refractivity contribution in [3.05, 3.63) is 0 Å². The second-order valence-corrected chi connectivity index (χ2v) is 2.68. The number of rotatable bonds is 5. The fraction of sp³-hybridized carbons (Fsp3) is 0.875. The predicted molar refractivity (Wildman–Crippen MR) is 51.3 cm³/mol. The molecule has 0 saturated carbocycles. The minimum absolute atomic E-state index is 0. The summed E-state index contributed by atoms with van der Waals surface area (Å²) in [6.07, 6.45) is 1.32. The van der Waals surface area contributed by atoms with Crippen molar-refractivity contribution in [3.8, 4) is 0 Å². The summed E-state index contributed by atoms with van der Waals surface area (Å²) in [5, 5.41) is 0. The molecule has 0 radical (unpaired) electrons. The third kappa shape index (κ3) is 7.82. The van der Waals surface area contributed by atoms with E-state index in [4.69, 9.17) is 10.5 Å². The van der Waals surface area contributed by atoms with E-state index < -0.39 is 0 Å². The molecule has 0 spiro atoms. The van der Waals surface area contributed by atoms with Crippen LogP contribution in [0.25, 0.3) is 0 Å². The number of hydrogen-bond acceptors (Lipinski definition) is 3. The summed E-state index contributed by atoms with van der Waals surface area (Å²) in [5.41, 5.74) is 5.38. The number of carbonyl (C=O) groups excluding carboxylic acids is 1. The molecule has 0 aliphatic carbocycles. The Morgan fingerprint density at radius 3 is 2.58 bits per heavy atom. The van der Waals surface area contributed by atoms with Crippen LogP contribution in [0, 0.1) is 5.92 Å². The fourth-order valence-electron chi connectivity index (χ4n) is 0.715. The van der Waals surface area contributed by atoms with Crippen LogP contribution in [0.4, 0.5) is 0 Å².